The number of carbonyl (C=O) groups excluding carboxylic acids is 2. The lowest BCUT2D eigenvalue weighted by Crippen LogP contribution is -2.43. The molecule has 1 aromatic heterocycles. The molecule has 182 valence electrons. The van der Waals surface area contributed by atoms with E-state index < -0.39 is 11.0 Å². The van der Waals surface area contributed by atoms with Crippen LogP contribution in [0.25, 0.3) is 0 Å². The maximum Gasteiger partial charge on any atom is 0.332 e. The van der Waals surface area contributed by atoms with E-state index in [0.717, 1.165) is 62.3 Å². The molecule has 3 fully saturated rings. The summed E-state index contributed by atoms with van der Waals surface area (Å²) < 4.78 is 5.42. The molecule has 1 aromatic carbocycles. The number of pyridine rings is 1. The maximum absolute atomic E-state index is 13.5. The molecule has 1 aliphatic carbocycles. The van der Waals surface area contributed by atoms with Crippen LogP contribution >= 0.6 is 0 Å². The Bertz CT molecular complexity index is 1160. The maximum atomic E-state index is 13.5. The van der Waals surface area contributed by atoms with Crippen molar-refractivity contribution in [3.05, 3.63) is 53.7 Å². The summed E-state index contributed by atoms with van der Waals surface area (Å²) in [5.41, 5.74) is 0.965. The number of hydrogen-bond donors (Lipinski definition) is 1. The molecule has 0 radical (unpaired) electrons. The minimum absolute atomic E-state index is 0.261. The van der Waals surface area contributed by atoms with Crippen molar-refractivity contribution in [2.24, 2.45) is 0 Å². The van der Waals surface area contributed by atoms with Gasteiger partial charge in [0.25, 0.3) is 5.91 Å². The molecule has 0 unspecified atom stereocenters. The Kier molecular flexibility index (Phi) is 5.97. The van der Waals surface area contributed by atoms with Gasteiger partial charge in [0, 0.05) is 32.0 Å². The van der Waals surface area contributed by atoms with Crippen molar-refractivity contribution in [2.75, 3.05) is 23.4 Å². The van der Waals surface area contributed by atoms with Gasteiger partial charge in [-0.25, -0.2) is 14.7 Å². The lowest BCUT2D eigenvalue weighted by atomic mass is 9.65. The molecule has 8 nitrogen and oxygen atoms in total. The molecule has 0 spiro atoms. The Morgan fingerprint density at radius 2 is 1.86 bits per heavy atom. The van der Waals surface area contributed by atoms with E-state index in [-0.39, 0.29) is 11.9 Å². The van der Waals surface area contributed by atoms with E-state index in [0.29, 0.717) is 18.3 Å². The molecular weight excluding hydrogens is 442 g/mol. The average Bonchev–Trinajstić information content (AvgIpc) is 2.99. The lowest BCUT2D eigenvalue weighted by Gasteiger charge is -2.35. The van der Waals surface area contributed by atoms with Crippen molar-refractivity contribution >= 4 is 23.4 Å². The summed E-state index contributed by atoms with van der Waals surface area (Å²) in [5.74, 6) is 0.503. The Hall–Kier alpha value is -3.44. The number of nitrogens with one attached hydrogen (secondary N) is 1. The van der Waals surface area contributed by atoms with Gasteiger partial charge in [0.2, 0.25) is 0 Å². The molecule has 8 heteroatoms. The molecule has 3 amide bonds. The zero-order valence-electron chi connectivity index (χ0n) is 20.3. The number of anilines is 2. The molecule has 2 aliphatic heterocycles. The quantitative estimate of drug-likeness (QED) is 0.626. The molecular formula is C27H31N5O3. The van der Waals surface area contributed by atoms with E-state index in [2.05, 4.69) is 16.4 Å². The van der Waals surface area contributed by atoms with Crippen LogP contribution in [0, 0.1) is 11.3 Å². The number of imide groups is 1. The smallest absolute Gasteiger partial charge is 0.332 e. The fraction of sp³-hybridized carbons (Fsp3) is 0.481. The Labute approximate surface area is 205 Å². The van der Waals surface area contributed by atoms with Crippen molar-refractivity contribution in [2.45, 2.75) is 69.5 Å². The fourth-order valence-corrected chi connectivity index (χ4v) is 5.14. The van der Waals surface area contributed by atoms with Crippen LogP contribution in [0.1, 0.15) is 57.1 Å². The first-order valence-electron chi connectivity index (χ1n) is 12.3. The second kappa shape index (κ2) is 8.97. The lowest BCUT2D eigenvalue weighted by molar-refractivity contribution is -0.123. The number of aromatic nitrogens is 1. The second-order valence-electron chi connectivity index (χ2n) is 10.2. The molecule has 2 saturated heterocycles. The highest BCUT2D eigenvalue weighted by atomic mass is 16.5. The highest BCUT2D eigenvalue weighted by molar-refractivity contribution is 6.22. The van der Waals surface area contributed by atoms with Gasteiger partial charge in [-0.2, -0.15) is 5.26 Å². The van der Waals surface area contributed by atoms with E-state index in [1.165, 1.54) is 4.90 Å². The summed E-state index contributed by atoms with van der Waals surface area (Å²) in [6.07, 6.45) is 6.34. The van der Waals surface area contributed by atoms with Gasteiger partial charge >= 0.3 is 6.03 Å². The van der Waals surface area contributed by atoms with Gasteiger partial charge in [0.15, 0.2) is 0 Å². The van der Waals surface area contributed by atoms with Crippen LogP contribution < -0.4 is 10.2 Å². The van der Waals surface area contributed by atoms with Crippen molar-refractivity contribution in [3.8, 4) is 6.07 Å². The summed E-state index contributed by atoms with van der Waals surface area (Å²) in [6.45, 7) is 5.34. The van der Waals surface area contributed by atoms with Crippen LogP contribution in [-0.2, 0) is 21.5 Å². The van der Waals surface area contributed by atoms with E-state index >= 15 is 0 Å². The predicted molar refractivity (Wildman–Crippen MR) is 132 cm³/mol. The van der Waals surface area contributed by atoms with Crippen LogP contribution in [-0.4, -0.2) is 46.6 Å². The predicted octanol–water partition coefficient (Wildman–Crippen LogP) is 4.37. The first-order valence-corrected chi connectivity index (χ1v) is 12.3. The third-order valence-electron chi connectivity index (χ3n) is 7.66. The highest BCUT2D eigenvalue weighted by Crippen LogP contribution is 2.44. The largest absolute Gasteiger partial charge is 0.381 e. The van der Waals surface area contributed by atoms with E-state index in [1.54, 1.807) is 37.1 Å². The monoisotopic (exact) mass is 473 g/mol. The molecule has 3 aliphatic rings. The number of hydrogen-bond acceptors (Lipinski definition) is 6. The zero-order chi connectivity index (χ0) is 24.6. The van der Waals surface area contributed by atoms with Gasteiger partial charge in [-0.3, -0.25) is 4.79 Å². The number of ether oxygens (including phenoxy) is 1. The van der Waals surface area contributed by atoms with Gasteiger partial charge in [-0.1, -0.05) is 12.1 Å². The zero-order valence-corrected chi connectivity index (χ0v) is 20.3. The van der Waals surface area contributed by atoms with E-state index in [9.17, 15) is 14.9 Å². The number of benzene rings is 1. The van der Waals surface area contributed by atoms with Crippen LogP contribution in [0.15, 0.2) is 42.6 Å². The number of nitrogens with zero attached hydrogens (tertiary/aromatic N) is 4. The number of nitriles is 1. The number of carbonyl (C=O) groups is 2. The summed E-state index contributed by atoms with van der Waals surface area (Å²) >= 11 is 0. The number of urea groups is 1. The fourth-order valence-electron chi connectivity index (χ4n) is 5.14. The highest BCUT2D eigenvalue weighted by Gasteiger charge is 2.52. The van der Waals surface area contributed by atoms with Gasteiger partial charge in [-0.05, 0) is 81.3 Å². The van der Waals surface area contributed by atoms with Gasteiger partial charge in [0.05, 0.1) is 17.2 Å². The average molecular weight is 474 g/mol. The van der Waals surface area contributed by atoms with Crippen LogP contribution in [0.3, 0.4) is 0 Å². The molecule has 35 heavy (non-hydrogen) atoms. The van der Waals surface area contributed by atoms with E-state index in [1.807, 2.05) is 24.3 Å². The Morgan fingerprint density at radius 3 is 2.49 bits per heavy atom. The summed E-state index contributed by atoms with van der Waals surface area (Å²) in [4.78, 5) is 34.1. The van der Waals surface area contributed by atoms with E-state index in [4.69, 9.17) is 4.74 Å². The topological polar surface area (TPSA) is 98.6 Å². The van der Waals surface area contributed by atoms with Crippen LogP contribution in [0.4, 0.5) is 16.3 Å². The number of amides is 3. The van der Waals surface area contributed by atoms with Crippen molar-refractivity contribution in [1.82, 2.24) is 9.88 Å². The third-order valence-corrected chi connectivity index (χ3v) is 7.66. The molecule has 5 rings (SSSR count). The summed E-state index contributed by atoms with van der Waals surface area (Å²) in [7, 11) is 0. The Balaban J connectivity index is 1.34. The SMILES string of the molecule is CC1(C)C(=O)N(c2ccc(C3(C#N)CCC3)cc2)C(=O)N1Cc1ccnc(NC2CCOCC2)c1. The minimum Gasteiger partial charge on any atom is -0.381 e. The molecule has 3 heterocycles. The standard InChI is InChI=1S/C27H31N5O3/c1-26(2)24(33)32(22-6-4-20(5-7-22)27(18-28)11-3-12-27)25(34)31(26)17-19-8-13-29-23(16-19)30-21-9-14-35-15-10-21/h4-8,13,16,21H,3,9-12,14-15,17H2,1-2H3,(H,29,30). The summed E-state index contributed by atoms with van der Waals surface area (Å²) in [6, 6.07) is 13.6. The molecule has 2 aromatic rings. The van der Waals surface area contributed by atoms with Crippen LogP contribution in [0.2, 0.25) is 0 Å². The Morgan fingerprint density at radius 1 is 1.14 bits per heavy atom. The van der Waals surface area contributed by atoms with Crippen molar-refractivity contribution < 1.29 is 14.3 Å². The molecule has 1 N–H and O–H groups in total. The van der Waals surface area contributed by atoms with Gasteiger partial charge in [-0.15, -0.1) is 0 Å². The molecule has 1 saturated carbocycles. The third kappa shape index (κ3) is 4.14. The first-order chi connectivity index (χ1) is 16.8. The van der Waals surface area contributed by atoms with Crippen molar-refractivity contribution in [1.29, 1.82) is 5.26 Å². The normalized spacial score (nSPS) is 21.5. The van der Waals surface area contributed by atoms with Gasteiger partial charge < -0.3 is 15.0 Å². The summed E-state index contributed by atoms with van der Waals surface area (Å²) in [5, 5.41) is 13.1. The second-order valence-corrected chi connectivity index (χ2v) is 10.2. The molecule has 0 bridgehead atoms. The molecule has 0 atom stereocenters. The first kappa shape index (κ1) is 23.3. The van der Waals surface area contributed by atoms with Gasteiger partial charge in [0.1, 0.15) is 11.4 Å². The van der Waals surface area contributed by atoms with Crippen LogP contribution in [0.5, 0.6) is 0 Å². The van der Waals surface area contributed by atoms with Crippen molar-refractivity contribution in [3.63, 3.8) is 0 Å². The number of rotatable bonds is 6. The minimum atomic E-state index is -0.991.